The number of rotatable bonds is 2. The molecule has 1 N–H and O–H groups in total. The Morgan fingerprint density at radius 1 is 1.20 bits per heavy atom. The van der Waals surface area contributed by atoms with Gasteiger partial charge in [-0.25, -0.2) is 17.2 Å². The summed E-state index contributed by atoms with van der Waals surface area (Å²) in [7, 11) is -4.12. The van der Waals surface area contributed by atoms with E-state index in [1.54, 1.807) is 0 Å². The van der Waals surface area contributed by atoms with Crippen molar-refractivity contribution in [2.24, 2.45) is 5.41 Å². The summed E-state index contributed by atoms with van der Waals surface area (Å²) in [6, 6.07) is 1.09. The third-order valence-electron chi connectivity index (χ3n) is 4.40. The molecule has 1 aromatic rings. The maximum atomic E-state index is 13.7. The first-order chi connectivity index (χ1) is 9.34. The normalized spacial score (nSPS) is 22.1. The molecule has 0 unspecified atom stereocenters. The van der Waals surface area contributed by atoms with E-state index in [4.69, 9.17) is 0 Å². The predicted molar refractivity (Wildman–Crippen MR) is 67.7 cm³/mol. The maximum Gasteiger partial charge on any atom is 0.249 e. The standard InChI is InChI=1S/C13H15F2NO3S/c14-9-6-10(15)12(11(17)7-9)20(18,19)16-5-4-13(8-16)2-1-3-13/h6-7,17H,1-5,8H2. The van der Waals surface area contributed by atoms with Gasteiger partial charge in [0.05, 0.1) is 0 Å². The molecule has 0 bridgehead atoms. The highest BCUT2D eigenvalue weighted by Crippen LogP contribution is 2.49. The second kappa shape index (κ2) is 4.39. The van der Waals surface area contributed by atoms with Crippen molar-refractivity contribution in [2.75, 3.05) is 13.1 Å². The van der Waals surface area contributed by atoms with Crippen molar-refractivity contribution >= 4 is 10.0 Å². The first-order valence-electron chi connectivity index (χ1n) is 6.52. The zero-order chi connectivity index (χ0) is 14.5. The van der Waals surface area contributed by atoms with E-state index in [1.165, 1.54) is 4.31 Å². The van der Waals surface area contributed by atoms with Gasteiger partial charge >= 0.3 is 0 Å². The lowest BCUT2D eigenvalue weighted by Gasteiger charge is -2.38. The number of phenols is 1. The Labute approximate surface area is 116 Å². The van der Waals surface area contributed by atoms with Gasteiger partial charge in [0.15, 0.2) is 4.90 Å². The van der Waals surface area contributed by atoms with Gasteiger partial charge < -0.3 is 5.11 Å². The van der Waals surface area contributed by atoms with E-state index < -0.39 is 32.3 Å². The average Bonchev–Trinajstić information content (AvgIpc) is 2.71. The minimum atomic E-state index is -4.12. The second-order valence-electron chi connectivity index (χ2n) is 5.68. The molecule has 0 atom stereocenters. The molecule has 1 saturated heterocycles. The van der Waals surface area contributed by atoms with E-state index in [-0.39, 0.29) is 5.41 Å². The van der Waals surface area contributed by atoms with Crippen LogP contribution in [0.5, 0.6) is 5.75 Å². The fourth-order valence-corrected chi connectivity index (χ4v) is 4.78. The average molecular weight is 303 g/mol. The van der Waals surface area contributed by atoms with Gasteiger partial charge in [0.25, 0.3) is 0 Å². The molecule has 0 amide bonds. The van der Waals surface area contributed by atoms with Crippen molar-refractivity contribution < 1.29 is 22.3 Å². The molecule has 20 heavy (non-hydrogen) atoms. The Kier molecular flexibility index (Phi) is 3.02. The van der Waals surface area contributed by atoms with Crippen LogP contribution in [0.25, 0.3) is 0 Å². The zero-order valence-corrected chi connectivity index (χ0v) is 11.6. The Morgan fingerprint density at radius 2 is 1.90 bits per heavy atom. The summed E-state index contributed by atoms with van der Waals surface area (Å²) in [5, 5.41) is 9.58. The highest BCUT2D eigenvalue weighted by molar-refractivity contribution is 7.89. The number of sulfonamides is 1. The van der Waals surface area contributed by atoms with Crippen molar-refractivity contribution in [1.82, 2.24) is 4.31 Å². The molecule has 2 aliphatic rings. The monoisotopic (exact) mass is 303 g/mol. The predicted octanol–water partition coefficient (Wildman–Crippen LogP) is 2.24. The van der Waals surface area contributed by atoms with Gasteiger partial charge in [0.1, 0.15) is 17.4 Å². The minimum absolute atomic E-state index is 0.0270. The summed E-state index contributed by atoms with van der Waals surface area (Å²) >= 11 is 0. The summed E-state index contributed by atoms with van der Waals surface area (Å²) in [6.07, 6.45) is 3.81. The largest absolute Gasteiger partial charge is 0.506 e. The quantitative estimate of drug-likeness (QED) is 0.911. The molecule has 7 heteroatoms. The van der Waals surface area contributed by atoms with Crippen LogP contribution in [-0.4, -0.2) is 30.9 Å². The Hall–Kier alpha value is -1.21. The van der Waals surface area contributed by atoms with Crippen LogP contribution in [0.2, 0.25) is 0 Å². The molecule has 4 nitrogen and oxygen atoms in total. The van der Waals surface area contributed by atoms with Crippen molar-refractivity contribution in [1.29, 1.82) is 0 Å². The number of nitrogens with zero attached hydrogens (tertiary/aromatic N) is 1. The molecule has 1 heterocycles. The van der Waals surface area contributed by atoms with Gasteiger partial charge in [0.2, 0.25) is 10.0 Å². The Balaban J connectivity index is 1.97. The Morgan fingerprint density at radius 3 is 2.40 bits per heavy atom. The van der Waals surface area contributed by atoms with Gasteiger partial charge in [-0.2, -0.15) is 4.31 Å². The van der Waals surface area contributed by atoms with E-state index in [9.17, 15) is 22.3 Å². The highest BCUT2D eigenvalue weighted by atomic mass is 32.2. The molecular formula is C13H15F2NO3S. The number of halogens is 2. The summed E-state index contributed by atoms with van der Waals surface area (Å²) in [5.74, 6) is -3.13. The van der Waals surface area contributed by atoms with Crippen LogP contribution in [0.1, 0.15) is 25.7 Å². The number of phenolic OH excluding ortho intramolecular Hbond substituents is 1. The number of benzene rings is 1. The highest BCUT2D eigenvalue weighted by Gasteiger charge is 2.47. The van der Waals surface area contributed by atoms with Gasteiger partial charge in [-0.15, -0.1) is 0 Å². The van der Waals surface area contributed by atoms with Crippen LogP contribution in [0.3, 0.4) is 0 Å². The lowest BCUT2D eigenvalue weighted by atomic mass is 9.68. The summed E-state index contributed by atoms with van der Waals surface area (Å²) in [4.78, 5) is -0.824. The van der Waals surface area contributed by atoms with Crippen LogP contribution < -0.4 is 0 Å². The van der Waals surface area contributed by atoms with Gasteiger partial charge in [-0.05, 0) is 24.7 Å². The maximum absolute atomic E-state index is 13.7. The van der Waals surface area contributed by atoms with Gasteiger partial charge in [-0.1, -0.05) is 6.42 Å². The van der Waals surface area contributed by atoms with Crippen LogP contribution >= 0.6 is 0 Å². The van der Waals surface area contributed by atoms with Gasteiger partial charge in [0, 0.05) is 25.2 Å². The molecule has 2 fully saturated rings. The van der Waals surface area contributed by atoms with Crippen LogP contribution in [0.4, 0.5) is 8.78 Å². The lowest BCUT2D eigenvalue weighted by molar-refractivity contribution is 0.153. The third kappa shape index (κ3) is 2.00. The van der Waals surface area contributed by atoms with E-state index in [2.05, 4.69) is 0 Å². The third-order valence-corrected chi connectivity index (χ3v) is 6.32. The Bertz CT molecular complexity index is 633. The van der Waals surface area contributed by atoms with Crippen LogP contribution in [0.15, 0.2) is 17.0 Å². The summed E-state index contributed by atoms with van der Waals surface area (Å²) in [6.45, 7) is 0.671. The molecule has 1 aromatic carbocycles. The SMILES string of the molecule is O=S(=O)(c1c(O)cc(F)cc1F)N1CCC2(CCC2)C1. The summed E-state index contributed by atoms with van der Waals surface area (Å²) in [5.41, 5.74) is 0.0270. The molecule has 1 spiro atoms. The van der Waals surface area contributed by atoms with E-state index in [0.29, 0.717) is 25.2 Å². The van der Waals surface area contributed by atoms with Crippen molar-refractivity contribution in [3.8, 4) is 5.75 Å². The van der Waals surface area contributed by atoms with Crippen molar-refractivity contribution in [2.45, 2.75) is 30.6 Å². The molecule has 1 saturated carbocycles. The molecule has 1 aliphatic heterocycles. The smallest absolute Gasteiger partial charge is 0.249 e. The fourth-order valence-electron chi connectivity index (χ4n) is 3.12. The molecule has 1 aliphatic carbocycles. The first kappa shape index (κ1) is 13.8. The minimum Gasteiger partial charge on any atom is -0.506 e. The number of aromatic hydroxyl groups is 1. The molecule has 110 valence electrons. The molecular weight excluding hydrogens is 288 g/mol. The van der Waals surface area contributed by atoms with Crippen LogP contribution in [-0.2, 0) is 10.0 Å². The summed E-state index contributed by atoms with van der Waals surface area (Å²) < 4.78 is 52.7. The van der Waals surface area contributed by atoms with Crippen LogP contribution in [0, 0.1) is 17.0 Å². The molecule has 0 aromatic heterocycles. The van der Waals surface area contributed by atoms with E-state index in [1.807, 2.05) is 0 Å². The van der Waals surface area contributed by atoms with Crippen molar-refractivity contribution in [3.05, 3.63) is 23.8 Å². The van der Waals surface area contributed by atoms with E-state index >= 15 is 0 Å². The zero-order valence-electron chi connectivity index (χ0n) is 10.8. The first-order valence-corrected chi connectivity index (χ1v) is 7.96. The fraction of sp³-hybridized carbons (Fsp3) is 0.538. The van der Waals surface area contributed by atoms with Gasteiger partial charge in [-0.3, -0.25) is 0 Å². The number of hydrogen-bond donors (Lipinski definition) is 1. The van der Waals surface area contributed by atoms with Crippen molar-refractivity contribution in [3.63, 3.8) is 0 Å². The number of hydrogen-bond acceptors (Lipinski definition) is 3. The van der Waals surface area contributed by atoms with E-state index in [0.717, 1.165) is 25.7 Å². The lowest BCUT2D eigenvalue weighted by Crippen LogP contribution is -2.36. The second-order valence-corrected chi connectivity index (χ2v) is 7.55. The molecule has 3 rings (SSSR count). The molecule has 0 radical (unpaired) electrons. The topological polar surface area (TPSA) is 57.6 Å².